The molecular weight excluding hydrogens is 389 g/mol. The molecule has 0 unspecified atom stereocenters. The highest BCUT2D eigenvalue weighted by atomic mass is 35.5. The van der Waals surface area contributed by atoms with Gasteiger partial charge in [-0.1, -0.05) is 12.1 Å². The molecular formula is C16H19Cl2NO5S. The van der Waals surface area contributed by atoms with Crippen LogP contribution in [0.25, 0.3) is 0 Å². The largest absolute Gasteiger partial charge is 0.460 e. The number of benzene rings is 1. The first-order valence-electron chi connectivity index (χ1n) is 7.89. The second-order valence-corrected chi connectivity index (χ2v) is 9.88. The van der Waals surface area contributed by atoms with Crippen LogP contribution in [0.15, 0.2) is 29.2 Å². The quantitative estimate of drug-likeness (QED) is 0.553. The van der Waals surface area contributed by atoms with Gasteiger partial charge in [0.05, 0.1) is 18.1 Å². The maximum absolute atomic E-state index is 12.7. The Bertz CT molecular complexity index is 776. The van der Waals surface area contributed by atoms with Crippen molar-refractivity contribution in [2.24, 2.45) is 5.41 Å². The third-order valence-corrected chi connectivity index (χ3v) is 7.58. The van der Waals surface area contributed by atoms with Crippen LogP contribution in [0.1, 0.15) is 18.9 Å². The van der Waals surface area contributed by atoms with Gasteiger partial charge in [-0.3, -0.25) is 4.79 Å². The van der Waals surface area contributed by atoms with Crippen molar-refractivity contribution in [3.63, 3.8) is 0 Å². The fraction of sp³-hybridized carbons (Fsp3) is 0.562. The fourth-order valence-electron chi connectivity index (χ4n) is 2.66. The first-order valence-corrected chi connectivity index (χ1v) is 10.1. The van der Waals surface area contributed by atoms with Gasteiger partial charge in [0.2, 0.25) is 10.0 Å². The van der Waals surface area contributed by atoms with E-state index in [2.05, 4.69) is 0 Å². The Labute approximate surface area is 157 Å². The van der Waals surface area contributed by atoms with Gasteiger partial charge >= 0.3 is 5.97 Å². The van der Waals surface area contributed by atoms with E-state index < -0.39 is 25.7 Å². The number of alkyl halides is 2. The van der Waals surface area contributed by atoms with Crippen molar-refractivity contribution < 1.29 is 22.7 Å². The number of sulfonamides is 1. The summed E-state index contributed by atoms with van der Waals surface area (Å²) in [6.07, 6.45) is 0.341. The first-order chi connectivity index (χ1) is 11.7. The minimum atomic E-state index is -3.59. The lowest BCUT2D eigenvalue weighted by Gasteiger charge is -2.26. The van der Waals surface area contributed by atoms with Crippen molar-refractivity contribution in [1.82, 2.24) is 4.31 Å². The number of nitrogens with zero attached hydrogens (tertiary/aromatic N) is 1. The molecule has 0 aromatic heterocycles. The molecule has 3 rings (SSSR count). The predicted molar refractivity (Wildman–Crippen MR) is 93.0 cm³/mol. The Balaban J connectivity index is 1.68. The van der Waals surface area contributed by atoms with E-state index in [0.29, 0.717) is 38.3 Å². The molecule has 0 spiro atoms. The number of carbonyl (C=O) groups excluding carboxylic acids is 1. The zero-order valence-corrected chi connectivity index (χ0v) is 16.0. The number of hydrogen-bond acceptors (Lipinski definition) is 5. The van der Waals surface area contributed by atoms with Crippen molar-refractivity contribution >= 4 is 39.2 Å². The number of rotatable bonds is 5. The maximum atomic E-state index is 12.7. The lowest BCUT2D eigenvalue weighted by Crippen LogP contribution is -2.40. The molecule has 1 saturated heterocycles. The monoisotopic (exact) mass is 407 g/mol. The molecule has 0 bridgehead atoms. The van der Waals surface area contributed by atoms with E-state index in [1.54, 1.807) is 19.1 Å². The summed E-state index contributed by atoms with van der Waals surface area (Å²) in [5.74, 6) is -0.487. The maximum Gasteiger partial charge on any atom is 0.315 e. The van der Waals surface area contributed by atoms with Crippen LogP contribution in [0, 0.1) is 5.41 Å². The Morgan fingerprint density at radius 3 is 2.56 bits per heavy atom. The van der Waals surface area contributed by atoms with Crippen LogP contribution in [0.5, 0.6) is 0 Å². The summed E-state index contributed by atoms with van der Waals surface area (Å²) in [7, 11) is -3.59. The molecule has 0 amide bonds. The van der Waals surface area contributed by atoms with E-state index in [9.17, 15) is 13.2 Å². The van der Waals surface area contributed by atoms with Crippen LogP contribution in [0.4, 0.5) is 0 Å². The molecule has 25 heavy (non-hydrogen) atoms. The molecule has 2 fully saturated rings. The molecule has 9 heteroatoms. The number of hydrogen-bond donors (Lipinski definition) is 0. The predicted octanol–water partition coefficient (Wildman–Crippen LogP) is 2.33. The molecule has 1 atom stereocenters. The van der Waals surface area contributed by atoms with Crippen LogP contribution < -0.4 is 0 Å². The Morgan fingerprint density at radius 2 is 1.96 bits per heavy atom. The van der Waals surface area contributed by atoms with Crippen molar-refractivity contribution in [3.05, 3.63) is 29.8 Å². The molecule has 2 aliphatic rings. The highest BCUT2D eigenvalue weighted by Crippen LogP contribution is 2.64. The second kappa shape index (κ2) is 6.70. The Kier molecular flexibility index (Phi) is 5.07. The molecule has 138 valence electrons. The molecule has 1 aromatic rings. The topological polar surface area (TPSA) is 72.9 Å². The van der Waals surface area contributed by atoms with Crippen LogP contribution in [-0.2, 0) is 30.9 Å². The zero-order valence-electron chi connectivity index (χ0n) is 13.7. The van der Waals surface area contributed by atoms with E-state index >= 15 is 0 Å². The third-order valence-electron chi connectivity index (χ3n) is 4.58. The molecule has 1 aromatic carbocycles. The summed E-state index contributed by atoms with van der Waals surface area (Å²) in [5.41, 5.74) is -0.324. The summed E-state index contributed by atoms with van der Waals surface area (Å²) >= 11 is 11.9. The van der Waals surface area contributed by atoms with Crippen LogP contribution in [0.2, 0.25) is 0 Å². The standard InChI is InChI=1S/C16H19Cl2NO5S/c1-15(11-16(15,17)18)14(20)24-10-12-3-2-4-13(9-12)25(21,22)19-5-7-23-8-6-19/h2-4,9H,5-8,10-11H2,1H3/t15-/m1/s1. The lowest BCUT2D eigenvalue weighted by molar-refractivity contribution is -0.150. The number of halogens is 2. The zero-order chi connectivity index (χ0) is 18.3. The molecule has 1 aliphatic carbocycles. The molecule has 6 nitrogen and oxygen atoms in total. The van der Waals surface area contributed by atoms with E-state index in [4.69, 9.17) is 32.7 Å². The summed E-state index contributed by atoms with van der Waals surface area (Å²) in [6.45, 7) is 3.03. The SMILES string of the molecule is C[C@]1(C(=O)OCc2cccc(S(=O)(=O)N3CCOCC3)c2)CC1(Cl)Cl. The van der Waals surface area contributed by atoms with Crippen LogP contribution in [0.3, 0.4) is 0 Å². The summed E-state index contributed by atoms with van der Waals surface area (Å²) in [5, 5.41) is 0. The number of ether oxygens (including phenoxy) is 2. The van der Waals surface area contributed by atoms with E-state index in [1.807, 2.05) is 0 Å². The van der Waals surface area contributed by atoms with Gasteiger partial charge in [-0.2, -0.15) is 4.31 Å². The van der Waals surface area contributed by atoms with Gasteiger partial charge in [-0.05, 0) is 24.6 Å². The highest BCUT2D eigenvalue weighted by Gasteiger charge is 2.69. The van der Waals surface area contributed by atoms with Crippen molar-refractivity contribution in [2.45, 2.75) is 29.2 Å². The molecule has 1 saturated carbocycles. The van der Waals surface area contributed by atoms with Gasteiger partial charge in [0.1, 0.15) is 16.4 Å². The summed E-state index contributed by atoms with van der Waals surface area (Å²) in [6, 6.07) is 6.38. The van der Waals surface area contributed by atoms with Gasteiger partial charge in [-0.25, -0.2) is 8.42 Å². The Morgan fingerprint density at radius 1 is 1.32 bits per heavy atom. The lowest BCUT2D eigenvalue weighted by atomic mass is 10.1. The average molecular weight is 408 g/mol. The number of esters is 1. The first kappa shape index (κ1) is 18.9. The third kappa shape index (κ3) is 3.66. The summed E-state index contributed by atoms with van der Waals surface area (Å²) < 4.78 is 36.1. The van der Waals surface area contributed by atoms with Crippen molar-refractivity contribution in [2.75, 3.05) is 26.3 Å². The molecule has 1 heterocycles. The highest BCUT2D eigenvalue weighted by molar-refractivity contribution is 7.89. The van der Waals surface area contributed by atoms with Gasteiger partial charge in [-0.15, -0.1) is 23.2 Å². The minimum Gasteiger partial charge on any atom is -0.460 e. The number of morpholine rings is 1. The van der Waals surface area contributed by atoms with E-state index in [-0.39, 0.29) is 11.5 Å². The van der Waals surface area contributed by atoms with Crippen molar-refractivity contribution in [1.29, 1.82) is 0 Å². The van der Waals surface area contributed by atoms with Gasteiger partial charge in [0.15, 0.2) is 0 Å². The van der Waals surface area contributed by atoms with E-state index in [0.717, 1.165) is 0 Å². The molecule has 0 N–H and O–H groups in total. The Hall–Kier alpha value is -0.860. The van der Waals surface area contributed by atoms with Gasteiger partial charge < -0.3 is 9.47 Å². The second-order valence-electron chi connectivity index (χ2n) is 6.45. The number of carbonyl (C=O) groups is 1. The average Bonchev–Trinajstić information content (AvgIpc) is 3.13. The van der Waals surface area contributed by atoms with E-state index in [1.165, 1.54) is 16.4 Å². The smallest absolute Gasteiger partial charge is 0.315 e. The van der Waals surface area contributed by atoms with Crippen molar-refractivity contribution in [3.8, 4) is 0 Å². The molecule has 0 radical (unpaired) electrons. The van der Waals surface area contributed by atoms with Crippen LogP contribution in [-0.4, -0.2) is 49.3 Å². The summed E-state index contributed by atoms with van der Waals surface area (Å²) in [4.78, 5) is 12.3. The van der Waals surface area contributed by atoms with Crippen LogP contribution >= 0.6 is 23.2 Å². The van der Waals surface area contributed by atoms with Gasteiger partial charge in [0.25, 0.3) is 0 Å². The normalized spacial score (nSPS) is 26.2. The fourth-order valence-corrected chi connectivity index (χ4v) is 4.83. The van der Waals surface area contributed by atoms with Gasteiger partial charge in [0, 0.05) is 19.5 Å². The minimum absolute atomic E-state index is 0.0370. The molecule has 1 aliphatic heterocycles.